The number of hydrogen-bond donors (Lipinski definition) is 1. The standard InChI is InChI=1S/C13H10Br2N2O3/c14-9-2-1-3-11(17(18)19)13(9)20-12-5-4-8(7-16)6-10(12)15/h1-6H,7,16H2. The highest BCUT2D eigenvalue weighted by Gasteiger charge is 2.19. The molecule has 0 aliphatic heterocycles. The molecule has 0 saturated carbocycles. The molecular formula is C13H10Br2N2O3. The summed E-state index contributed by atoms with van der Waals surface area (Å²) in [6, 6.07) is 10.0. The molecule has 0 aromatic heterocycles. The number of hydrogen-bond acceptors (Lipinski definition) is 4. The van der Waals surface area contributed by atoms with Crippen LogP contribution < -0.4 is 10.5 Å². The van der Waals surface area contributed by atoms with Gasteiger partial charge in [0.1, 0.15) is 5.75 Å². The molecule has 0 fully saturated rings. The van der Waals surface area contributed by atoms with Crippen LogP contribution in [-0.2, 0) is 6.54 Å². The Bertz CT molecular complexity index is 662. The number of rotatable bonds is 4. The maximum absolute atomic E-state index is 11.0. The maximum Gasteiger partial charge on any atom is 0.312 e. The molecule has 20 heavy (non-hydrogen) atoms. The van der Waals surface area contributed by atoms with Gasteiger partial charge in [-0.05, 0) is 55.6 Å². The third kappa shape index (κ3) is 3.17. The van der Waals surface area contributed by atoms with Crippen molar-refractivity contribution in [3.05, 3.63) is 61.0 Å². The summed E-state index contributed by atoms with van der Waals surface area (Å²) in [5.74, 6) is 0.649. The van der Waals surface area contributed by atoms with Crippen molar-refractivity contribution in [2.45, 2.75) is 6.54 Å². The number of nitrogens with zero attached hydrogens (tertiary/aromatic N) is 1. The first-order valence-electron chi connectivity index (χ1n) is 5.62. The average Bonchev–Trinajstić information content (AvgIpc) is 2.42. The number of nitro groups is 1. The van der Waals surface area contributed by atoms with Gasteiger partial charge in [0, 0.05) is 12.6 Å². The molecular weight excluding hydrogens is 392 g/mol. The van der Waals surface area contributed by atoms with Gasteiger partial charge in [0.15, 0.2) is 0 Å². The number of benzene rings is 2. The van der Waals surface area contributed by atoms with Crippen LogP contribution in [0.25, 0.3) is 0 Å². The van der Waals surface area contributed by atoms with E-state index in [-0.39, 0.29) is 11.4 Å². The van der Waals surface area contributed by atoms with E-state index in [2.05, 4.69) is 31.9 Å². The monoisotopic (exact) mass is 400 g/mol. The highest BCUT2D eigenvalue weighted by atomic mass is 79.9. The van der Waals surface area contributed by atoms with Crippen molar-refractivity contribution in [2.75, 3.05) is 0 Å². The van der Waals surface area contributed by atoms with Crippen LogP contribution in [0.2, 0.25) is 0 Å². The van der Waals surface area contributed by atoms with E-state index < -0.39 is 4.92 Å². The molecule has 0 amide bonds. The molecule has 0 radical (unpaired) electrons. The van der Waals surface area contributed by atoms with Crippen LogP contribution in [0.1, 0.15) is 5.56 Å². The van der Waals surface area contributed by atoms with E-state index in [4.69, 9.17) is 10.5 Å². The van der Waals surface area contributed by atoms with E-state index in [1.807, 2.05) is 12.1 Å². The van der Waals surface area contributed by atoms with Crippen molar-refractivity contribution in [1.82, 2.24) is 0 Å². The van der Waals surface area contributed by atoms with Crippen molar-refractivity contribution in [3.63, 3.8) is 0 Å². The van der Waals surface area contributed by atoms with Gasteiger partial charge in [0.2, 0.25) is 5.75 Å². The smallest absolute Gasteiger partial charge is 0.312 e. The van der Waals surface area contributed by atoms with Crippen LogP contribution in [0.3, 0.4) is 0 Å². The van der Waals surface area contributed by atoms with Crippen molar-refractivity contribution < 1.29 is 9.66 Å². The van der Waals surface area contributed by atoms with Crippen LogP contribution in [0.15, 0.2) is 45.3 Å². The Morgan fingerprint density at radius 3 is 2.55 bits per heavy atom. The normalized spacial score (nSPS) is 10.3. The van der Waals surface area contributed by atoms with Crippen molar-refractivity contribution in [3.8, 4) is 11.5 Å². The summed E-state index contributed by atoms with van der Waals surface area (Å²) < 4.78 is 6.86. The van der Waals surface area contributed by atoms with Gasteiger partial charge in [-0.15, -0.1) is 0 Å². The molecule has 0 aliphatic carbocycles. The number of halogens is 2. The van der Waals surface area contributed by atoms with Gasteiger partial charge in [0.05, 0.1) is 13.9 Å². The Kier molecular flexibility index (Phi) is 4.74. The first-order valence-corrected chi connectivity index (χ1v) is 7.20. The Morgan fingerprint density at radius 2 is 1.95 bits per heavy atom. The van der Waals surface area contributed by atoms with E-state index in [0.717, 1.165) is 5.56 Å². The zero-order chi connectivity index (χ0) is 14.7. The summed E-state index contributed by atoms with van der Waals surface area (Å²) in [6.45, 7) is 0.411. The number of para-hydroxylation sites is 1. The molecule has 0 unspecified atom stereocenters. The van der Waals surface area contributed by atoms with Crippen LogP contribution in [0, 0.1) is 10.1 Å². The van der Waals surface area contributed by atoms with Gasteiger partial charge in [0.25, 0.3) is 0 Å². The van der Waals surface area contributed by atoms with Gasteiger partial charge in [-0.3, -0.25) is 10.1 Å². The summed E-state index contributed by atoms with van der Waals surface area (Å²) in [5, 5.41) is 11.0. The van der Waals surface area contributed by atoms with Crippen molar-refractivity contribution >= 4 is 37.5 Å². The Morgan fingerprint density at radius 1 is 1.20 bits per heavy atom. The van der Waals surface area contributed by atoms with E-state index in [0.29, 0.717) is 21.2 Å². The molecule has 2 N–H and O–H groups in total. The Balaban J connectivity index is 2.42. The second-order valence-corrected chi connectivity index (χ2v) is 5.62. The van der Waals surface area contributed by atoms with Crippen LogP contribution in [0.5, 0.6) is 11.5 Å². The highest BCUT2D eigenvalue weighted by molar-refractivity contribution is 9.11. The molecule has 0 saturated heterocycles. The largest absolute Gasteiger partial charge is 0.448 e. The summed E-state index contributed by atoms with van der Waals surface area (Å²) in [5.41, 5.74) is 6.38. The molecule has 2 aromatic carbocycles. The lowest BCUT2D eigenvalue weighted by molar-refractivity contribution is -0.385. The lowest BCUT2D eigenvalue weighted by Crippen LogP contribution is -1.97. The first-order chi connectivity index (χ1) is 9.52. The minimum atomic E-state index is -0.484. The predicted molar refractivity (Wildman–Crippen MR) is 82.9 cm³/mol. The molecule has 5 nitrogen and oxygen atoms in total. The SMILES string of the molecule is NCc1ccc(Oc2c(Br)cccc2[N+](=O)[O-])c(Br)c1. The predicted octanol–water partition coefficient (Wildman–Crippen LogP) is 4.37. The molecule has 0 spiro atoms. The summed E-state index contributed by atoms with van der Waals surface area (Å²) in [7, 11) is 0. The summed E-state index contributed by atoms with van der Waals surface area (Å²) in [4.78, 5) is 10.5. The third-order valence-electron chi connectivity index (χ3n) is 2.59. The van der Waals surface area contributed by atoms with Gasteiger partial charge < -0.3 is 10.5 Å². The second kappa shape index (κ2) is 6.34. The fraction of sp³-hybridized carbons (Fsp3) is 0.0769. The van der Waals surface area contributed by atoms with Gasteiger partial charge in [-0.1, -0.05) is 12.1 Å². The van der Waals surface area contributed by atoms with E-state index in [9.17, 15) is 10.1 Å². The van der Waals surface area contributed by atoms with Crippen LogP contribution in [0.4, 0.5) is 5.69 Å². The molecule has 0 bridgehead atoms. The maximum atomic E-state index is 11.0. The minimum absolute atomic E-state index is 0.103. The Hall–Kier alpha value is -1.44. The van der Waals surface area contributed by atoms with Crippen molar-refractivity contribution in [2.24, 2.45) is 5.73 Å². The lowest BCUT2D eigenvalue weighted by Gasteiger charge is -2.10. The van der Waals surface area contributed by atoms with E-state index in [1.165, 1.54) is 6.07 Å². The summed E-state index contributed by atoms with van der Waals surface area (Å²) >= 11 is 6.63. The fourth-order valence-corrected chi connectivity index (χ4v) is 2.55. The second-order valence-electron chi connectivity index (χ2n) is 3.92. The molecule has 2 rings (SSSR count). The van der Waals surface area contributed by atoms with Gasteiger partial charge in [-0.25, -0.2) is 0 Å². The third-order valence-corrected chi connectivity index (χ3v) is 3.83. The summed E-state index contributed by atoms with van der Waals surface area (Å²) in [6.07, 6.45) is 0. The van der Waals surface area contributed by atoms with Crippen molar-refractivity contribution in [1.29, 1.82) is 0 Å². The molecule has 104 valence electrons. The molecule has 7 heteroatoms. The number of nitrogens with two attached hydrogens (primary N) is 1. The van der Waals surface area contributed by atoms with Crippen LogP contribution in [-0.4, -0.2) is 4.92 Å². The zero-order valence-electron chi connectivity index (χ0n) is 10.2. The molecule has 0 aliphatic rings. The Labute approximate surface area is 132 Å². The van der Waals surface area contributed by atoms with Gasteiger partial charge in [-0.2, -0.15) is 0 Å². The highest BCUT2D eigenvalue weighted by Crippen LogP contribution is 2.40. The van der Waals surface area contributed by atoms with E-state index in [1.54, 1.807) is 18.2 Å². The minimum Gasteiger partial charge on any atom is -0.448 e. The van der Waals surface area contributed by atoms with E-state index >= 15 is 0 Å². The topological polar surface area (TPSA) is 78.4 Å². The number of ether oxygens (including phenoxy) is 1. The zero-order valence-corrected chi connectivity index (χ0v) is 13.3. The molecule has 2 aromatic rings. The van der Waals surface area contributed by atoms with Crippen LogP contribution >= 0.6 is 31.9 Å². The fourth-order valence-electron chi connectivity index (χ4n) is 1.61. The lowest BCUT2D eigenvalue weighted by atomic mass is 10.2. The molecule has 0 atom stereocenters. The molecule has 0 heterocycles. The first kappa shape index (κ1) is 15.0. The quantitative estimate of drug-likeness (QED) is 0.609. The van der Waals surface area contributed by atoms with Gasteiger partial charge >= 0.3 is 5.69 Å². The average molecular weight is 402 g/mol. The number of nitro benzene ring substituents is 1.